The summed E-state index contributed by atoms with van der Waals surface area (Å²) < 4.78 is 82.3. The molecule has 0 saturated heterocycles. The minimum Gasteiger partial charge on any atom is -0.362 e. The van der Waals surface area contributed by atoms with Crippen LogP contribution in [0.2, 0.25) is 5.02 Å². The molecule has 3 atom stereocenters. The fourth-order valence-electron chi connectivity index (χ4n) is 3.48. The van der Waals surface area contributed by atoms with Crippen LogP contribution in [0.1, 0.15) is 42.4 Å². The molecule has 1 N–H and O–H groups in total. The van der Waals surface area contributed by atoms with Crippen molar-refractivity contribution in [3.63, 3.8) is 0 Å². The number of aromatic nitrogens is 2. The molecule has 3 rings (SSSR count). The highest BCUT2D eigenvalue weighted by molar-refractivity contribution is 7.90. The van der Waals surface area contributed by atoms with Crippen molar-refractivity contribution >= 4 is 21.4 Å². The van der Waals surface area contributed by atoms with Crippen molar-refractivity contribution in [1.29, 1.82) is 0 Å². The number of benzene rings is 1. The lowest BCUT2D eigenvalue weighted by Gasteiger charge is -2.22. The predicted octanol–water partition coefficient (Wildman–Crippen LogP) is 4.75. The number of alkyl halides is 3. The molecular weight excluding hydrogens is 436 g/mol. The zero-order valence-corrected chi connectivity index (χ0v) is 17.1. The van der Waals surface area contributed by atoms with Crippen molar-refractivity contribution in [1.82, 2.24) is 9.97 Å². The molecular formula is C18H19ClF4N2O3S. The highest BCUT2D eigenvalue weighted by Gasteiger charge is 2.45. The third kappa shape index (κ3) is 4.92. The van der Waals surface area contributed by atoms with E-state index in [2.05, 4.69) is 9.97 Å². The Balaban J connectivity index is 1.96. The van der Waals surface area contributed by atoms with E-state index in [1.54, 1.807) is 0 Å². The normalized spacial score (nSPS) is 21.5. The monoisotopic (exact) mass is 454 g/mol. The maximum Gasteiger partial charge on any atom is 0.391 e. The molecule has 3 unspecified atom stereocenters. The van der Waals surface area contributed by atoms with Crippen LogP contribution in [0.3, 0.4) is 0 Å². The van der Waals surface area contributed by atoms with Crippen LogP contribution >= 0.6 is 11.6 Å². The standard InChI is InChI=1S/C18H19ClF4N2O3S/c1-9-17(29(2,26)27)25-16(24-9)15(10-3-6-14(20)13(19)7-10)28-12-5-4-11(8-12)18(21,22)23/h3,6-7,11-12,15H,4-5,8H2,1-2H3,(H,24,25). The summed E-state index contributed by atoms with van der Waals surface area (Å²) in [6, 6.07) is 3.77. The van der Waals surface area contributed by atoms with Gasteiger partial charge in [0.25, 0.3) is 0 Å². The summed E-state index contributed by atoms with van der Waals surface area (Å²) in [6.07, 6.45) is -5.15. The molecule has 29 heavy (non-hydrogen) atoms. The number of aromatic amines is 1. The highest BCUT2D eigenvalue weighted by atomic mass is 35.5. The summed E-state index contributed by atoms with van der Waals surface area (Å²) in [7, 11) is -3.63. The summed E-state index contributed by atoms with van der Waals surface area (Å²) >= 11 is 5.85. The van der Waals surface area contributed by atoms with Gasteiger partial charge in [0, 0.05) is 6.26 Å². The Hall–Kier alpha value is -1.65. The Morgan fingerprint density at radius 3 is 2.52 bits per heavy atom. The second kappa shape index (κ2) is 7.88. The van der Waals surface area contributed by atoms with E-state index in [-0.39, 0.29) is 40.8 Å². The first kappa shape index (κ1) is 22.0. The van der Waals surface area contributed by atoms with Crippen molar-refractivity contribution in [2.75, 3.05) is 6.26 Å². The third-order valence-corrected chi connectivity index (χ3v) is 6.27. The zero-order chi connectivity index (χ0) is 21.6. The quantitative estimate of drug-likeness (QED) is 0.662. The van der Waals surface area contributed by atoms with Crippen molar-refractivity contribution in [3.05, 3.63) is 46.1 Å². The molecule has 1 fully saturated rings. The van der Waals surface area contributed by atoms with E-state index >= 15 is 0 Å². The second-order valence-electron chi connectivity index (χ2n) is 7.19. The number of hydrogen-bond acceptors (Lipinski definition) is 4. The second-order valence-corrected chi connectivity index (χ2v) is 9.53. The fraction of sp³-hybridized carbons (Fsp3) is 0.500. The lowest BCUT2D eigenvalue weighted by Crippen LogP contribution is -2.22. The van der Waals surface area contributed by atoms with E-state index in [0.29, 0.717) is 5.56 Å². The van der Waals surface area contributed by atoms with Gasteiger partial charge < -0.3 is 9.72 Å². The van der Waals surface area contributed by atoms with Crippen molar-refractivity contribution in [2.45, 2.75) is 49.6 Å². The van der Waals surface area contributed by atoms with E-state index in [9.17, 15) is 26.0 Å². The molecule has 1 aliphatic carbocycles. The number of nitrogens with zero attached hydrogens (tertiary/aromatic N) is 1. The third-order valence-electron chi connectivity index (χ3n) is 4.88. The van der Waals surface area contributed by atoms with Crippen LogP contribution in [0.25, 0.3) is 0 Å². The summed E-state index contributed by atoms with van der Waals surface area (Å²) in [5.41, 5.74) is 0.615. The van der Waals surface area contributed by atoms with E-state index in [4.69, 9.17) is 16.3 Å². The Morgan fingerprint density at radius 1 is 1.31 bits per heavy atom. The minimum absolute atomic E-state index is 0.0587. The van der Waals surface area contributed by atoms with Gasteiger partial charge in [-0.3, -0.25) is 0 Å². The number of ether oxygens (including phenoxy) is 1. The highest BCUT2D eigenvalue weighted by Crippen LogP contribution is 2.42. The number of nitrogens with one attached hydrogen (secondary N) is 1. The van der Waals surface area contributed by atoms with Crippen LogP contribution in [0.15, 0.2) is 23.2 Å². The van der Waals surface area contributed by atoms with Crippen molar-refractivity contribution < 1.29 is 30.7 Å². The van der Waals surface area contributed by atoms with Crippen LogP contribution in [-0.4, -0.2) is 36.9 Å². The maximum absolute atomic E-state index is 13.6. The van der Waals surface area contributed by atoms with Gasteiger partial charge in [-0.15, -0.1) is 0 Å². The average molecular weight is 455 g/mol. The first-order valence-corrected chi connectivity index (χ1v) is 11.1. The molecule has 0 radical (unpaired) electrons. The molecule has 5 nitrogen and oxygen atoms in total. The maximum atomic E-state index is 13.6. The van der Waals surface area contributed by atoms with E-state index in [1.807, 2.05) is 0 Å². The van der Waals surface area contributed by atoms with Gasteiger partial charge >= 0.3 is 6.18 Å². The first-order chi connectivity index (χ1) is 13.4. The zero-order valence-electron chi connectivity index (χ0n) is 15.6. The Bertz CT molecular complexity index is 1010. The van der Waals surface area contributed by atoms with Gasteiger partial charge in [0.1, 0.15) is 17.7 Å². The summed E-state index contributed by atoms with van der Waals surface area (Å²) in [5.74, 6) is -2.03. The predicted molar refractivity (Wildman–Crippen MR) is 98.0 cm³/mol. The SMILES string of the molecule is Cc1[nH]c(C(OC2CCC(C(F)(F)F)C2)c2ccc(F)c(Cl)c2)nc1S(C)(=O)=O. The van der Waals surface area contributed by atoms with Gasteiger partial charge in [-0.2, -0.15) is 13.2 Å². The largest absolute Gasteiger partial charge is 0.391 e. The van der Waals surface area contributed by atoms with Gasteiger partial charge in [-0.05, 0) is 43.9 Å². The van der Waals surface area contributed by atoms with Gasteiger partial charge in [-0.25, -0.2) is 17.8 Å². The van der Waals surface area contributed by atoms with Gasteiger partial charge in [0.2, 0.25) is 0 Å². The van der Waals surface area contributed by atoms with Crippen LogP contribution < -0.4 is 0 Å². The number of hydrogen-bond donors (Lipinski definition) is 1. The van der Waals surface area contributed by atoms with Gasteiger partial charge in [0.05, 0.1) is 22.7 Å². The molecule has 0 amide bonds. The molecule has 1 aromatic carbocycles. The number of imidazole rings is 1. The molecule has 0 aliphatic heterocycles. The fourth-order valence-corrected chi connectivity index (χ4v) is 4.54. The Morgan fingerprint density at radius 2 is 2.00 bits per heavy atom. The summed E-state index contributed by atoms with van der Waals surface area (Å²) in [4.78, 5) is 6.92. The molecule has 1 aromatic heterocycles. The Kier molecular flexibility index (Phi) is 5.99. The topological polar surface area (TPSA) is 72.0 Å². The number of halogens is 5. The number of H-pyrrole nitrogens is 1. The van der Waals surface area contributed by atoms with Crippen LogP contribution in [-0.2, 0) is 14.6 Å². The molecule has 0 bridgehead atoms. The molecule has 2 aromatic rings. The van der Waals surface area contributed by atoms with Crippen molar-refractivity contribution in [3.8, 4) is 0 Å². The van der Waals surface area contributed by atoms with Gasteiger partial charge in [-0.1, -0.05) is 17.7 Å². The lowest BCUT2D eigenvalue weighted by molar-refractivity contribution is -0.175. The molecule has 0 spiro atoms. The summed E-state index contributed by atoms with van der Waals surface area (Å²) in [6.45, 7) is 1.51. The molecule has 1 aliphatic rings. The molecule has 1 saturated carbocycles. The van der Waals surface area contributed by atoms with Gasteiger partial charge in [0.15, 0.2) is 14.9 Å². The molecule has 1 heterocycles. The molecule has 11 heteroatoms. The van der Waals surface area contributed by atoms with Crippen LogP contribution in [0.5, 0.6) is 0 Å². The number of rotatable bonds is 5. The minimum atomic E-state index is -4.31. The average Bonchev–Trinajstić information content (AvgIpc) is 3.21. The Labute approximate surface area is 170 Å². The summed E-state index contributed by atoms with van der Waals surface area (Å²) in [5, 5.41) is -0.379. The number of aryl methyl sites for hydroxylation is 1. The van der Waals surface area contributed by atoms with Crippen LogP contribution in [0, 0.1) is 18.7 Å². The van der Waals surface area contributed by atoms with Crippen LogP contribution in [0.4, 0.5) is 17.6 Å². The van der Waals surface area contributed by atoms with Crippen molar-refractivity contribution in [2.24, 2.45) is 5.92 Å². The lowest BCUT2D eigenvalue weighted by atomic mass is 10.1. The van der Waals surface area contributed by atoms with E-state index in [1.165, 1.54) is 19.1 Å². The number of sulfone groups is 1. The smallest absolute Gasteiger partial charge is 0.362 e. The van der Waals surface area contributed by atoms with E-state index in [0.717, 1.165) is 12.3 Å². The first-order valence-electron chi connectivity index (χ1n) is 8.80. The molecule has 160 valence electrons. The van der Waals surface area contributed by atoms with E-state index < -0.39 is 40.0 Å².